The number of aromatic amines is 1. The smallest absolute Gasteiger partial charge is 0.275 e. The lowest BCUT2D eigenvalue weighted by Gasteiger charge is -2.04. The van der Waals surface area contributed by atoms with Crippen LogP contribution in [0.4, 0.5) is 5.69 Å². The largest absolute Gasteiger partial charge is 0.321 e. The molecule has 7 nitrogen and oxygen atoms in total. The Morgan fingerprint density at radius 3 is 2.85 bits per heavy atom. The topological polar surface area (TPSA) is 88.0 Å². The van der Waals surface area contributed by atoms with Gasteiger partial charge in [-0.25, -0.2) is 9.97 Å². The molecule has 1 amide bonds. The molecule has 0 atom stereocenters. The monoisotopic (exact) mass is 358 g/mol. The van der Waals surface area contributed by atoms with Crippen LogP contribution in [0.25, 0.3) is 17.0 Å². The zero-order valence-electron chi connectivity index (χ0n) is 14.8. The Balaban J connectivity index is 1.39. The summed E-state index contributed by atoms with van der Waals surface area (Å²) in [4.78, 5) is 21.6. The number of aryl methyl sites for hydroxylation is 1. The Morgan fingerprint density at radius 1 is 1.19 bits per heavy atom. The second-order valence-electron chi connectivity index (χ2n) is 6.87. The Bertz CT molecular complexity index is 1150. The van der Waals surface area contributed by atoms with Crippen LogP contribution in [0.5, 0.6) is 0 Å². The van der Waals surface area contributed by atoms with Crippen molar-refractivity contribution < 1.29 is 4.79 Å². The summed E-state index contributed by atoms with van der Waals surface area (Å²) in [5.41, 5.74) is 3.70. The van der Waals surface area contributed by atoms with Gasteiger partial charge in [0.25, 0.3) is 5.91 Å². The molecule has 2 N–H and O–H groups in total. The number of aromatic nitrogens is 5. The molecule has 1 aliphatic carbocycles. The third kappa shape index (κ3) is 2.97. The van der Waals surface area contributed by atoms with Crippen molar-refractivity contribution in [1.82, 2.24) is 24.6 Å². The molecule has 1 aromatic carbocycles. The lowest BCUT2D eigenvalue weighted by molar-refractivity contribution is 0.102. The lowest BCUT2D eigenvalue weighted by atomic mass is 10.2. The van der Waals surface area contributed by atoms with Crippen LogP contribution in [0, 0.1) is 6.92 Å². The molecule has 3 aromatic heterocycles. The Labute approximate surface area is 155 Å². The minimum atomic E-state index is -0.246. The molecule has 4 aromatic rings. The van der Waals surface area contributed by atoms with Gasteiger partial charge in [0.05, 0.1) is 0 Å². The Hall–Kier alpha value is -3.48. The van der Waals surface area contributed by atoms with E-state index in [0.717, 1.165) is 22.7 Å². The summed E-state index contributed by atoms with van der Waals surface area (Å²) < 4.78 is 1.90. The lowest BCUT2D eigenvalue weighted by Crippen LogP contribution is -2.12. The summed E-state index contributed by atoms with van der Waals surface area (Å²) in [6.45, 7) is 1.98. The van der Waals surface area contributed by atoms with Gasteiger partial charge in [-0.15, -0.1) is 0 Å². The number of carbonyl (C=O) groups is 1. The minimum Gasteiger partial charge on any atom is -0.321 e. The molecule has 3 heterocycles. The van der Waals surface area contributed by atoms with Crippen molar-refractivity contribution in [3.05, 3.63) is 65.9 Å². The fourth-order valence-corrected chi connectivity index (χ4v) is 3.13. The average molecular weight is 358 g/mol. The first-order valence-electron chi connectivity index (χ1n) is 8.96. The molecule has 0 unspecified atom stereocenters. The molecule has 0 bridgehead atoms. The van der Waals surface area contributed by atoms with Crippen molar-refractivity contribution in [2.24, 2.45) is 0 Å². The highest BCUT2D eigenvalue weighted by molar-refractivity contribution is 6.03. The van der Waals surface area contributed by atoms with E-state index in [4.69, 9.17) is 0 Å². The maximum atomic E-state index is 12.6. The fourth-order valence-electron chi connectivity index (χ4n) is 3.13. The van der Waals surface area contributed by atoms with E-state index in [-0.39, 0.29) is 5.91 Å². The van der Waals surface area contributed by atoms with Gasteiger partial charge in [0, 0.05) is 29.1 Å². The Morgan fingerprint density at radius 2 is 2.04 bits per heavy atom. The normalized spacial score (nSPS) is 13.8. The molecule has 5 rings (SSSR count). The molecular formula is C20H18N6O. The Kier molecular flexibility index (Phi) is 3.53. The molecule has 0 saturated heterocycles. The number of imidazole rings is 1. The van der Waals surface area contributed by atoms with Gasteiger partial charge in [-0.2, -0.15) is 5.10 Å². The third-order valence-corrected chi connectivity index (χ3v) is 4.77. The summed E-state index contributed by atoms with van der Waals surface area (Å²) in [6.07, 6.45) is 4.09. The van der Waals surface area contributed by atoms with Crippen molar-refractivity contribution in [1.29, 1.82) is 0 Å². The third-order valence-electron chi connectivity index (χ3n) is 4.77. The number of anilines is 1. The van der Waals surface area contributed by atoms with Crippen LogP contribution >= 0.6 is 0 Å². The standard InChI is InChI=1S/C20H18N6O/c1-12-4-2-7-17-22-16(11-26(12)17)20(27)21-15-6-3-5-14(10-15)19-23-18(24-25-19)13-8-9-13/h2-7,10-11,13H,8-9H2,1H3,(H,21,27)(H,23,24,25). The van der Waals surface area contributed by atoms with E-state index in [0.29, 0.717) is 23.1 Å². The second-order valence-corrected chi connectivity index (χ2v) is 6.87. The zero-order chi connectivity index (χ0) is 18.4. The van der Waals surface area contributed by atoms with Gasteiger partial charge in [-0.05, 0) is 44.0 Å². The molecular weight excluding hydrogens is 340 g/mol. The number of pyridine rings is 1. The van der Waals surface area contributed by atoms with Gasteiger partial charge in [0.1, 0.15) is 17.2 Å². The predicted molar refractivity (Wildman–Crippen MR) is 102 cm³/mol. The molecule has 1 fully saturated rings. The summed E-state index contributed by atoms with van der Waals surface area (Å²) >= 11 is 0. The number of nitrogens with one attached hydrogen (secondary N) is 2. The molecule has 27 heavy (non-hydrogen) atoms. The second kappa shape index (κ2) is 6.05. The first kappa shape index (κ1) is 15.7. The van der Waals surface area contributed by atoms with Crippen molar-refractivity contribution in [2.45, 2.75) is 25.7 Å². The van der Waals surface area contributed by atoms with Gasteiger partial charge in [0.15, 0.2) is 5.82 Å². The number of hydrogen-bond donors (Lipinski definition) is 2. The highest BCUT2D eigenvalue weighted by Gasteiger charge is 2.27. The molecule has 0 radical (unpaired) electrons. The zero-order valence-corrected chi connectivity index (χ0v) is 14.8. The summed E-state index contributed by atoms with van der Waals surface area (Å²) in [6, 6.07) is 13.3. The number of amides is 1. The van der Waals surface area contributed by atoms with Crippen LogP contribution in [0.15, 0.2) is 48.7 Å². The van der Waals surface area contributed by atoms with Crippen LogP contribution < -0.4 is 5.32 Å². The maximum Gasteiger partial charge on any atom is 0.275 e. The van der Waals surface area contributed by atoms with E-state index in [1.54, 1.807) is 6.20 Å². The van der Waals surface area contributed by atoms with Gasteiger partial charge in [-0.3, -0.25) is 9.89 Å². The number of rotatable bonds is 4. The quantitative estimate of drug-likeness (QED) is 0.584. The number of hydrogen-bond acceptors (Lipinski definition) is 4. The molecule has 134 valence electrons. The van der Waals surface area contributed by atoms with Crippen LogP contribution in [0.3, 0.4) is 0 Å². The average Bonchev–Trinajstić information content (AvgIpc) is 3.23. The van der Waals surface area contributed by atoms with E-state index in [2.05, 4.69) is 25.5 Å². The maximum absolute atomic E-state index is 12.6. The van der Waals surface area contributed by atoms with E-state index in [1.165, 1.54) is 12.8 Å². The number of fused-ring (bicyclic) bond motifs is 1. The van der Waals surface area contributed by atoms with E-state index < -0.39 is 0 Å². The van der Waals surface area contributed by atoms with Crippen LogP contribution in [-0.2, 0) is 0 Å². The summed E-state index contributed by atoms with van der Waals surface area (Å²) in [5, 5.41) is 10.2. The number of carbonyl (C=O) groups excluding carboxylic acids is 1. The minimum absolute atomic E-state index is 0.246. The van der Waals surface area contributed by atoms with E-state index in [9.17, 15) is 4.79 Å². The van der Waals surface area contributed by atoms with Crippen molar-refractivity contribution in [2.75, 3.05) is 5.32 Å². The number of nitrogens with zero attached hydrogens (tertiary/aromatic N) is 4. The van der Waals surface area contributed by atoms with Crippen molar-refractivity contribution in [3.8, 4) is 11.4 Å². The van der Waals surface area contributed by atoms with Gasteiger partial charge in [-0.1, -0.05) is 18.2 Å². The van der Waals surface area contributed by atoms with E-state index >= 15 is 0 Å². The molecule has 1 saturated carbocycles. The number of H-pyrrole nitrogens is 1. The van der Waals surface area contributed by atoms with Crippen LogP contribution in [0.2, 0.25) is 0 Å². The summed E-state index contributed by atoms with van der Waals surface area (Å²) in [5.74, 6) is 1.87. The first-order chi connectivity index (χ1) is 13.2. The van der Waals surface area contributed by atoms with Crippen LogP contribution in [0.1, 0.15) is 40.8 Å². The van der Waals surface area contributed by atoms with Crippen molar-refractivity contribution >= 4 is 17.2 Å². The molecule has 0 aliphatic heterocycles. The van der Waals surface area contributed by atoms with Gasteiger partial charge in [0.2, 0.25) is 0 Å². The fraction of sp³-hybridized carbons (Fsp3) is 0.200. The first-order valence-corrected chi connectivity index (χ1v) is 8.96. The van der Waals surface area contributed by atoms with Crippen LogP contribution in [-0.4, -0.2) is 30.5 Å². The highest BCUT2D eigenvalue weighted by atomic mass is 16.1. The van der Waals surface area contributed by atoms with E-state index in [1.807, 2.05) is 53.8 Å². The molecule has 7 heteroatoms. The SMILES string of the molecule is Cc1cccc2nc(C(=O)Nc3cccc(-c4n[nH]c(C5CC5)n4)c3)cn12. The van der Waals surface area contributed by atoms with Crippen molar-refractivity contribution in [3.63, 3.8) is 0 Å². The summed E-state index contributed by atoms with van der Waals surface area (Å²) in [7, 11) is 0. The predicted octanol–water partition coefficient (Wildman–Crippen LogP) is 3.56. The van der Waals surface area contributed by atoms with Gasteiger partial charge >= 0.3 is 0 Å². The molecule has 1 aliphatic rings. The molecule has 0 spiro atoms. The highest BCUT2D eigenvalue weighted by Crippen LogP contribution is 2.38. The number of benzene rings is 1. The van der Waals surface area contributed by atoms with Gasteiger partial charge < -0.3 is 9.72 Å².